The topological polar surface area (TPSA) is 92.9 Å². The van der Waals surface area contributed by atoms with E-state index in [1.807, 2.05) is 150 Å². The molecule has 59 heavy (non-hydrogen) atoms. The van der Waals surface area contributed by atoms with Crippen LogP contribution < -0.4 is 5.32 Å². The van der Waals surface area contributed by atoms with Gasteiger partial charge in [0, 0.05) is 5.92 Å². The number of nitrogens with one attached hydrogen (secondary N) is 1. The van der Waals surface area contributed by atoms with Crippen molar-refractivity contribution in [3.8, 4) is 0 Å². The van der Waals surface area contributed by atoms with Crippen molar-refractivity contribution >= 4 is 23.0 Å². The van der Waals surface area contributed by atoms with Gasteiger partial charge in [0.05, 0.1) is 6.42 Å². The van der Waals surface area contributed by atoms with E-state index >= 15 is 0 Å². The first kappa shape index (κ1) is 37.0. The maximum Gasteiger partial charge on any atom is 0.304 e. The first-order chi connectivity index (χ1) is 29.1. The van der Waals surface area contributed by atoms with Gasteiger partial charge in [-0.1, -0.05) is 218 Å². The van der Waals surface area contributed by atoms with Gasteiger partial charge in [-0.25, -0.2) is 9.67 Å². The second-order valence-corrected chi connectivity index (χ2v) is 14.6. The summed E-state index contributed by atoms with van der Waals surface area (Å²) in [5.74, 6) is -0.976. The van der Waals surface area contributed by atoms with E-state index < -0.39 is 23.0 Å². The van der Waals surface area contributed by atoms with Crippen molar-refractivity contribution in [2.24, 2.45) is 0 Å². The number of hydrogen-bond donors (Lipinski definition) is 2. The highest BCUT2D eigenvalue weighted by molar-refractivity contribution is 5.81. The minimum Gasteiger partial charge on any atom is -0.481 e. The molecule has 9 aromatic rings. The summed E-state index contributed by atoms with van der Waals surface area (Å²) < 4.78 is 1.93. The number of carboxylic acid groups (broad SMARTS) is 1. The van der Waals surface area contributed by atoms with Crippen LogP contribution in [0.2, 0.25) is 0 Å². The summed E-state index contributed by atoms with van der Waals surface area (Å²) in [6.45, 7) is 0. The standard InChI is InChI=1S/C52H41N5O2/c58-48(59)37-45(38-22-8-1-9-23-38)46-36-47(54-51(39-24-10-2-11-25-39,40-26-12-3-13-27-40)41-28-14-4-15-29-41)53-50-49(46)55-56-57(50)52(42-30-16-5-17-31-42,43-32-18-6-19-33-43)44-34-20-7-21-35-44/h1-36,45H,37H2,(H,53,54)(H,58,59)/t45-/m1/s1. The highest BCUT2D eigenvalue weighted by Gasteiger charge is 2.43. The van der Waals surface area contributed by atoms with Crippen molar-refractivity contribution in [3.63, 3.8) is 0 Å². The number of pyridine rings is 1. The molecule has 0 fully saturated rings. The minimum atomic E-state index is -1.04. The third kappa shape index (κ3) is 6.72. The maximum absolute atomic E-state index is 12.8. The molecule has 7 aromatic carbocycles. The second-order valence-electron chi connectivity index (χ2n) is 14.6. The number of fused-ring (bicyclic) bond motifs is 1. The Morgan fingerprint density at radius 1 is 0.542 bits per heavy atom. The first-order valence-electron chi connectivity index (χ1n) is 19.7. The van der Waals surface area contributed by atoms with E-state index in [0.29, 0.717) is 22.5 Å². The molecular formula is C52H41N5O2. The average Bonchev–Trinajstić information content (AvgIpc) is 3.74. The zero-order valence-electron chi connectivity index (χ0n) is 32.2. The molecule has 0 spiro atoms. The highest BCUT2D eigenvalue weighted by atomic mass is 16.4. The first-order valence-corrected chi connectivity index (χ1v) is 19.7. The lowest BCUT2D eigenvalue weighted by Gasteiger charge is -2.38. The largest absolute Gasteiger partial charge is 0.481 e. The SMILES string of the molecule is O=C(O)C[C@H](c1ccccc1)c1cc(NC(c2ccccc2)(c2ccccc2)c2ccccc2)nc2c1nnn2C(c1ccccc1)(c1ccccc1)c1ccccc1. The zero-order chi connectivity index (χ0) is 40.1. The van der Waals surface area contributed by atoms with Gasteiger partial charge >= 0.3 is 5.97 Å². The molecule has 286 valence electrons. The molecule has 1 atom stereocenters. The normalized spacial score (nSPS) is 12.2. The van der Waals surface area contributed by atoms with Crippen LogP contribution in [0.5, 0.6) is 0 Å². The summed E-state index contributed by atoms with van der Waals surface area (Å²) in [6, 6.07) is 73.7. The van der Waals surface area contributed by atoms with Gasteiger partial charge in [-0.15, -0.1) is 5.10 Å². The van der Waals surface area contributed by atoms with Crippen LogP contribution in [0, 0.1) is 0 Å². The molecule has 7 nitrogen and oxygen atoms in total. The number of anilines is 1. The number of rotatable bonds is 13. The molecule has 0 unspecified atom stereocenters. The number of aliphatic carboxylic acids is 1. The lowest BCUT2D eigenvalue weighted by molar-refractivity contribution is -0.137. The Balaban J connectivity index is 1.40. The van der Waals surface area contributed by atoms with Crippen LogP contribution in [0.1, 0.15) is 56.8 Å². The Kier molecular flexibility index (Phi) is 10.1. The summed E-state index contributed by atoms with van der Waals surface area (Å²) >= 11 is 0. The molecule has 2 heterocycles. The number of benzene rings is 7. The summed E-state index contributed by atoms with van der Waals surface area (Å²) in [7, 11) is 0. The lowest BCUT2D eigenvalue weighted by Crippen LogP contribution is -2.39. The Labute approximate surface area is 343 Å². The number of hydrogen-bond acceptors (Lipinski definition) is 5. The van der Waals surface area contributed by atoms with Gasteiger partial charge in [-0.05, 0) is 50.6 Å². The minimum absolute atomic E-state index is 0.169. The van der Waals surface area contributed by atoms with Crippen LogP contribution in [-0.2, 0) is 15.9 Å². The molecule has 0 amide bonds. The van der Waals surface area contributed by atoms with Crippen molar-refractivity contribution < 1.29 is 9.90 Å². The molecule has 2 aromatic heterocycles. The van der Waals surface area contributed by atoms with Gasteiger partial charge in [0.2, 0.25) is 0 Å². The molecule has 0 bridgehead atoms. The molecule has 7 heteroatoms. The number of carbonyl (C=O) groups is 1. The van der Waals surface area contributed by atoms with Gasteiger partial charge in [0.25, 0.3) is 0 Å². The van der Waals surface area contributed by atoms with Crippen molar-refractivity contribution in [1.29, 1.82) is 0 Å². The smallest absolute Gasteiger partial charge is 0.304 e. The highest BCUT2D eigenvalue weighted by Crippen LogP contribution is 2.45. The fraction of sp³-hybridized carbons (Fsp3) is 0.0769. The van der Waals surface area contributed by atoms with Gasteiger partial charge in [-0.3, -0.25) is 4.79 Å². The van der Waals surface area contributed by atoms with Gasteiger partial charge in [-0.2, -0.15) is 0 Å². The molecule has 9 rings (SSSR count). The molecule has 0 aliphatic carbocycles. The van der Waals surface area contributed by atoms with Crippen LogP contribution in [-0.4, -0.2) is 31.1 Å². The third-order valence-electron chi connectivity index (χ3n) is 11.2. The number of aromatic nitrogens is 4. The Morgan fingerprint density at radius 3 is 1.31 bits per heavy atom. The predicted octanol–water partition coefficient (Wildman–Crippen LogP) is 10.7. The van der Waals surface area contributed by atoms with Crippen LogP contribution in [0.3, 0.4) is 0 Å². The van der Waals surface area contributed by atoms with Crippen molar-refractivity contribution in [3.05, 3.63) is 263 Å². The Hall–Kier alpha value is -7.64. The van der Waals surface area contributed by atoms with E-state index in [9.17, 15) is 9.90 Å². The van der Waals surface area contributed by atoms with E-state index in [4.69, 9.17) is 15.3 Å². The van der Waals surface area contributed by atoms with Gasteiger partial charge in [0.15, 0.2) is 5.65 Å². The number of nitrogens with zero attached hydrogens (tertiary/aromatic N) is 4. The van der Waals surface area contributed by atoms with Crippen LogP contribution in [0.25, 0.3) is 11.2 Å². The fourth-order valence-corrected chi connectivity index (χ4v) is 8.63. The molecule has 0 aliphatic rings. The molecule has 0 saturated carbocycles. The molecule has 2 N–H and O–H groups in total. The van der Waals surface area contributed by atoms with E-state index in [1.54, 1.807) is 0 Å². The molecule has 0 radical (unpaired) electrons. The second kappa shape index (κ2) is 16.1. The quantitative estimate of drug-likeness (QED) is 0.114. The van der Waals surface area contributed by atoms with E-state index in [-0.39, 0.29) is 6.42 Å². The summed E-state index contributed by atoms with van der Waals surface area (Å²) in [6.07, 6.45) is -0.169. The summed E-state index contributed by atoms with van der Waals surface area (Å²) in [5, 5.41) is 24.5. The van der Waals surface area contributed by atoms with Crippen molar-refractivity contribution in [2.45, 2.75) is 23.4 Å². The van der Waals surface area contributed by atoms with E-state index in [0.717, 1.165) is 38.9 Å². The third-order valence-corrected chi connectivity index (χ3v) is 11.2. The Bertz CT molecular complexity index is 2590. The van der Waals surface area contributed by atoms with Crippen LogP contribution >= 0.6 is 0 Å². The van der Waals surface area contributed by atoms with Gasteiger partial charge in [0.1, 0.15) is 22.4 Å². The summed E-state index contributed by atoms with van der Waals surface area (Å²) in [4.78, 5) is 18.3. The van der Waals surface area contributed by atoms with Crippen LogP contribution in [0.15, 0.2) is 218 Å². The van der Waals surface area contributed by atoms with Crippen molar-refractivity contribution in [1.82, 2.24) is 20.0 Å². The molecule has 0 saturated heterocycles. The van der Waals surface area contributed by atoms with Crippen LogP contribution in [0.4, 0.5) is 5.82 Å². The lowest BCUT2D eigenvalue weighted by atomic mass is 9.76. The zero-order valence-corrected chi connectivity index (χ0v) is 32.2. The fourth-order valence-electron chi connectivity index (χ4n) is 8.63. The van der Waals surface area contributed by atoms with Crippen molar-refractivity contribution in [2.75, 3.05) is 5.32 Å². The monoisotopic (exact) mass is 767 g/mol. The van der Waals surface area contributed by atoms with E-state index in [2.05, 4.69) is 78.1 Å². The maximum atomic E-state index is 12.8. The number of carboxylic acids is 1. The van der Waals surface area contributed by atoms with Gasteiger partial charge < -0.3 is 10.4 Å². The summed E-state index contributed by atoms with van der Waals surface area (Å²) in [5.41, 5.74) is 6.50. The molecular weight excluding hydrogens is 727 g/mol. The van der Waals surface area contributed by atoms with E-state index in [1.165, 1.54) is 0 Å². The molecule has 0 aliphatic heterocycles. The predicted molar refractivity (Wildman–Crippen MR) is 233 cm³/mol. The Morgan fingerprint density at radius 2 is 0.915 bits per heavy atom. The average molecular weight is 768 g/mol.